The van der Waals surface area contributed by atoms with E-state index in [-0.39, 0.29) is 0 Å². The Morgan fingerprint density at radius 3 is 2.00 bits per heavy atom. The minimum absolute atomic E-state index is 0.560. The van der Waals surface area contributed by atoms with Crippen molar-refractivity contribution in [1.29, 1.82) is 0 Å². The molecule has 2 aliphatic rings. The molecule has 0 fully saturated rings. The fraction of sp³-hybridized carbons (Fsp3) is 0.125. The van der Waals surface area contributed by atoms with Crippen LogP contribution in [0.2, 0.25) is 0 Å². The average Bonchev–Trinajstić information content (AvgIpc) is 3.46. The Labute approximate surface area is 215 Å². The van der Waals surface area contributed by atoms with Gasteiger partial charge in [-0.3, -0.25) is 0 Å². The standard InChI is InChI=1S/C21H16P.C11H11.Zr/c1-3-11-19(12-4-1)22(20-13-5-2-6-14-20)21-15-17-9-7-8-10-18(17)16-21;1-8-6-7-9(2)11-5-3-4-10(8)11;/h1-16H;3-7H,1-2H3;. The van der Waals surface area contributed by atoms with E-state index >= 15 is 0 Å². The summed E-state index contributed by atoms with van der Waals surface area (Å²) in [4.78, 5) is 0. The molecule has 0 radical (unpaired) electrons. The molecular formula is C32H27PZr. The van der Waals surface area contributed by atoms with Crippen molar-refractivity contribution in [3.05, 3.63) is 142 Å². The summed E-state index contributed by atoms with van der Waals surface area (Å²) in [6, 6.07) is 36.2. The number of rotatable bonds is 5. The van der Waals surface area contributed by atoms with Crippen LogP contribution in [0.1, 0.15) is 40.6 Å². The number of aryl methyl sites for hydroxylation is 2. The molecule has 2 aliphatic carbocycles. The Morgan fingerprint density at radius 1 is 0.676 bits per heavy atom. The van der Waals surface area contributed by atoms with Crippen LogP contribution in [-0.2, 0) is 23.2 Å². The maximum absolute atomic E-state index is 2.55. The van der Waals surface area contributed by atoms with Crippen LogP contribution in [0, 0.1) is 13.8 Å². The van der Waals surface area contributed by atoms with Gasteiger partial charge in [-0.2, -0.15) is 0 Å². The van der Waals surface area contributed by atoms with Crippen molar-refractivity contribution in [3.63, 3.8) is 0 Å². The van der Waals surface area contributed by atoms with Gasteiger partial charge < -0.3 is 0 Å². The molecule has 0 aliphatic heterocycles. The molecule has 0 spiro atoms. The van der Waals surface area contributed by atoms with Gasteiger partial charge in [0.05, 0.1) is 0 Å². The van der Waals surface area contributed by atoms with Crippen LogP contribution >= 0.6 is 7.92 Å². The second-order valence-electron chi connectivity index (χ2n) is 9.17. The summed E-state index contributed by atoms with van der Waals surface area (Å²) in [5.41, 5.74) is 8.97. The molecule has 0 amide bonds. The maximum atomic E-state index is 2.55. The van der Waals surface area contributed by atoms with Gasteiger partial charge in [-0.15, -0.1) is 0 Å². The van der Waals surface area contributed by atoms with E-state index in [1.54, 1.807) is 16.4 Å². The normalized spacial score (nSPS) is 18.0. The molecule has 0 aromatic heterocycles. The molecule has 4 aromatic carbocycles. The molecule has 164 valence electrons. The van der Waals surface area contributed by atoms with Crippen molar-refractivity contribution in [3.8, 4) is 0 Å². The van der Waals surface area contributed by atoms with Gasteiger partial charge in [0.15, 0.2) is 0 Å². The second-order valence-corrected chi connectivity index (χ2v) is 15.2. The third-order valence-corrected chi connectivity index (χ3v) is 14.6. The number of allylic oxidation sites excluding steroid dienone is 2. The summed E-state index contributed by atoms with van der Waals surface area (Å²) < 4.78 is 1.22. The van der Waals surface area contributed by atoms with Crippen LogP contribution < -0.4 is 10.6 Å². The van der Waals surface area contributed by atoms with Gasteiger partial charge in [0.25, 0.3) is 0 Å². The molecule has 0 saturated carbocycles. The first kappa shape index (κ1) is 22.2. The number of fused-ring (bicyclic) bond motifs is 2. The number of benzene rings is 4. The average molecular weight is 534 g/mol. The van der Waals surface area contributed by atoms with Crippen LogP contribution in [0.5, 0.6) is 0 Å². The third-order valence-electron chi connectivity index (χ3n) is 7.03. The Bertz CT molecular complexity index is 1360. The van der Waals surface area contributed by atoms with Gasteiger partial charge >= 0.3 is 217 Å². The van der Waals surface area contributed by atoms with Crippen molar-refractivity contribution >= 4 is 30.7 Å². The predicted molar refractivity (Wildman–Crippen MR) is 144 cm³/mol. The molecular weight excluding hydrogens is 507 g/mol. The van der Waals surface area contributed by atoms with E-state index in [9.17, 15) is 0 Å². The van der Waals surface area contributed by atoms with Crippen molar-refractivity contribution in [1.82, 2.24) is 0 Å². The van der Waals surface area contributed by atoms with Crippen LogP contribution in [0.4, 0.5) is 0 Å². The molecule has 0 nitrogen and oxygen atoms in total. The summed E-state index contributed by atoms with van der Waals surface area (Å²) in [6.07, 6.45) is 7.49. The van der Waals surface area contributed by atoms with E-state index in [1.807, 2.05) is 0 Å². The Hall–Kier alpha value is -2.33. The molecule has 0 bridgehead atoms. The van der Waals surface area contributed by atoms with E-state index in [4.69, 9.17) is 0 Å². The molecule has 2 unspecified atom stereocenters. The summed E-state index contributed by atoms with van der Waals surface area (Å²) >= 11 is -0.899. The van der Waals surface area contributed by atoms with E-state index in [0.29, 0.717) is 7.25 Å². The molecule has 2 atom stereocenters. The van der Waals surface area contributed by atoms with Gasteiger partial charge in [0.2, 0.25) is 0 Å². The topological polar surface area (TPSA) is 0 Å². The Morgan fingerprint density at radius 2 is 1.29 bits per heavy atom. The van der Waals surface area contributed by atoms with Gasteiger partial charge in [0.1, 0.15) is 0 Å². The molecule has 0 saturated heterocycles. The van der Waals surface area contributed by atoms with Crippen LogP contribution in [0.25, 0.3) is 12.2 Å². The van der Waals surface area contributed by atoms with E-state index in [2.05, 4.69) is 129 Å². The van der Waals surface area contributed by atoms with Gasteiger partial charge in [-0.1, -0.05) is 0 Å². The van der Waals surface area contributed by atoms with Gasteiger partial charge in [-0.25, -0.2) is 0 Å². The minimum atomic E-state index is -0.899. The molecule has 0 heterocycles. The SMILES string of the molecule is Cc1ccc(C)c2c1C=C[CH]2[Zr][CH]1C(P(c2ccccc2)c2ccccc2)=Cc2ccccc21. The quantitative estimate of drug-likeness (QED) is 0.231. The number of hydrogen-bond donors (Lipinski definition) is 0. The molecule has 4 aromatic rings. The molecule has 34 heavy (non-hydrogen) atoms. The van der Waals surface area contributed by atoms with E-state index in [0.717, 1.165) is 0 Å². The summed E-state index contributed by atoms with van der Waals surface area (Å²) in [5.74, 6) is 0. The molecule has 6 rings (SSSR count). The van der Waals surface area contributed by atoms with Crippen molar-refractivity contribution in [2.24, 2.45) is 0 Å². The Balaban J connectivity index is 1.46. The number of hydrogen-bond acceptors (Lipinski definition) is 0. The fourth-order valence-corrected chi connectivity index (χ4v) is 13.7. The fourth-order valence-electron chi connectivity index (χ4n) is 5.37. The van der Waals surface area contributed by atoms with E-state index < -0.39 is 31.2 Å². The first-order valence-electron chi connectivity index (χ1n) is 12.0. The predicted octanol–water partition coefficient (Wildman–Crippen LogP) is 7.68. The molecule has 0 N–H and O–H groups in total. The zero-order chi connectivity index (χ0) is 23.1. The third kappa shape index (κ3) is 3.94. The van der Waals surface area contributed by atoms with Crippen molar-refractivity contribution < 1.29 is 23.2 Å². The van der Waals surface area contributed by atoms with Crippen molar-refractivity contribution in [2.45, 2.75) is 21.1 Å². The van der Waals surface area contributed by atoms with Crippen LogP contribution in [0.15, 0.2) is 108 Å². The first-order valence-corrected chi connectivity index (χ1v) is 16.1. The summed E-state index contributed by atoms with van der Waals surface area (Å²) in [7, 11) is -0.560. The van der Waals surface area contributed by atoms with Gasteiger partial charge in [0, 0.05) is 0 Å². The second kappa shape index (κ2) is 9.37. The van der Waals surface area contributed by atoms with Crippen LogP contribution in [0.3, 0.4) is 0 Å². The zero-order valence-corrected chi connectivity index (χ0v) is 22.9. The Kier molecular flexibility index (Phi) is 6.11. The van der Waals surface area contributed by atoms with Crippen LogP contribution in [-0.4, -0.2) is 0 Å². The molecule has 2 heteroatoms. The van der Waals surface area contributed by atoms with E-state index in [1.165, 1.54) is 32.9 Å². The monoisotopic (exact) mass is 532 g/mol. The summed E-state index contributed by atoms with van der Waals surface area (Å²) in [6.45, 7) is 4.56. The van der Waals surface area contributed by atoms with Crippen molar-refractivity contribution in [2.75, 3.05) is 0 Å². The first-order chi connectivity index (χ1) is 16.7. The summed E-state index contributed by atoms with van der Waals surface area (Å²) in [5, 5.41) is 4.58. The zero-order valence-electron chi connectivity index (χ0n) is 19.6. The van der Waals surface area contributed by atoms with Gasteiger partial charge in [-0.05, 0) is 0 Å².